The van der Waals surface area contributed by atoms with Gasteiger partial charge in [-0.25, -0.2) is 0 Å². The average Bonchev–Trinajstić information content (AvgIpc) is 4.13. The standard InChI is InChI=1S/C60H62BF2N2O2/c1-32-51-37-16-17-38(26-37)53(51)33(2)64-61(62,63)65-34(3)54-39-18-19-40(27-39)56(54)58(65)52(32)36-20-23-44(24-21-36)67-50(66)15-10-12-35-22-25-47-49-31-43(60(7,8)9)29-41-28-42(59(4,5)6)30-48(55(41)49)46-14-11-13-45(35)57(46)47/h11,13-14,20-25,28-31,37-40H,10,12,15-19,26-27H2,1-9H3/q-1/b52-32+,64-33?. The Morgan fingerprint density at radius 2 is 1.30 bits per heavy atom. The molecule has 0 amide bonds. The molecule has 67 heavy (non-hydrogen) atoms. The lowest BCUT2D eigenvalue weighted by atomic mass is 9.79. The van der Waals surface area contributed by atoms with Gasteiger partial charge < -0.3 is 22.7 Å². The lowest BCUT2D eigenvalue weighted by Gasteiger charge is -2.30. The number of aromatic nitrogens is 1. The molecule has 4 unspecified atom stereocenters. The first-order chi connectivity index (χ1) is 31.9. The first kappa shape index (κ1) is 42.8. The van der Waals surface area contributed by atoms with Gasteiger partial charge in [0.15, 0.2) is 0 Å². The summed E-state index contributed by atoms with van der Waals surface area (Å²) < 4.78 is 41.3. The lowest BCUT2D eigenvalue weighted by molar-refractivity contribution is -0.134. The van der Waals surface area contributed by atoms with Crippen molar-refractivity contribution < 1.29 is 18.2 Å². The van der Waals surface area contributed by atoms with Crippen molar-refractivity contribution in [3.63, 3.8) is 0 Å². The number of rotatable bonds is 6. The first-order valence-corrected chi connectivity index (χ1v) is 25.1. The maximum Gasteiger partial charge on any atom is 0.544 e. The summed E-state index contributed by atoms with van der Waals surface area (Å²) in [5.41, 5.74) is 13.2. The Morgan fingerprint density at radius 3 is 1.97 bits per heavy atom. The van der Waals surface area contributed by atoms with E-state index in [-0.39, 0.29) is 35.1 Å². The zero-order valence-electron chi connectivity index (χ0n) is 40.7. The van der Waals surface area contributed by atoms with Gasteiger partial charge in [-0.05, 0) is 236 Å². The van der Waals surface area contributed by atoms with Crippen molar-refractivity contribution in [3.8, 4) is 5.75 Å². The number of carbonyl (C=O) groups excluding carboxylic acids is 1. The van der Waals surface area contributed by atoms with Gasteiger partial charge in [-0.1, -0.05) is 96.1 Å². The molecule has 4 aliphatic carbocycles. The van der Waals surface area contributed by atoms with Crippen LogP contribution >= 0.6 is 0 Å². The summed E-state index contributed by atoms with van der Waals surface area (Å²) in [6.07, 6.45) is 7.96. The van der Waals surface area contributed by atoms with Gasteiger partial charge in [0.05, 0.1) is 0 Å². The second kappa shape index (κ2) is 14.7. The fraction of sp³-hybridized carbons (Fsp3) is 0.400. The molecule has 12 rings (SSSR count). The molecule has 2 heterocycles. The van der Waals surface area contributed by atoms with Crippen molar-refractivity contribution >= 4 is 67.3 Å². The third-order valence-electron chi connectivity index (χ3n) is 17.1. The highest BCUT2D eigenvalue weighted by Gasteiger charge is 2.48. The van der Waals surface area contributed by atoms with Crippen molar-refractivity contribution in [1.82, 2.24) is 4.48 Å². The summed E-state index contributed by atoms with van der Waals surface area (Å²) in [6.45, 7) is 15.4. The molecule has 0 radical (unpaired) electrons. The Morgan fingerprint density at radius 1 is 0.701 bits per heavy atom. The number of allylic oxidation sites excluding steroid dienone is 3. The molecular formula is C60H62BF2N2O2-. The minimum absolute atomic E-state index is 0.00103. The molecule has 7 aromatic rings. The summed E-state index contributed by atoms with van der Waals surface area (Å²) in [4.78, 5) is 18.0. The summed E-state index contributed by atoms with van der Waals surface area (Å²) in [6, 6.07) is 28.6. The predicted molar refractivity (Wildman–Crippen MR) is 275 cm³/mol. The van der Waals surface area contributed by atoms with Gasteiger partial charge >= 0.3 is 12.9 Å². The average molecular weight is 892 g/mol. The molecule has 1 aliphatic heterocycles. The van der Waals surface area contributed by atoms with E-state index in [1.54, 1.807) is 0 Å². The Kier molecular flexibility index (Phi) is 9.40. The summed E-state index contributed by atoms with van der Waals surface area (Å²) in [5.74, 6) is 1.46. The van der Waals surface area contributed by atoms with E-state index < -0.39 is 6.97 Å². The van der Waals surface area contributed by atoms with Crippen LogP contribution in [0.25, 0.3) is 48.7 Å². The Labute approximate surface area is 394 Å². The Bertz CT molecular complexity index is 3300. The van der Waals surface area contributed by atoms with Crippen LogP contribution in [-0.2, 0) is 22.0 Å². The van der Waals surface area contributed by atoms with Crippen LogP contribution in [0.5, 0.6) is 5.75 Å². The van der Waals surface area contributed by atoms with Crippen molar-refractivity contribution in [2.75, 3.05) is 0 Å². The fourth-order valence-corrected chi connectivity index (χ4v) is 14.0. The zero-order chi connectivity index (χ0) is 46.6. The van der Waals surface area contributed by atoms with Gasteiger partial charge in [0.1, 0.15) is 5.75 Å². The first-order valence-electron chi connectivity index (χ1n) is 25.1. The predicted octanol–water partition coefficient (Wildman–Crippen LogP) is 16.0. The van der Waals surface area contributed by atoms with E-state index in [1.165, 1.54) is 69.8 Å². The molecule has 6 aromatic carbocycles. The number of carbonyl (C=O) groups is 1. The van der Waals surface area contributed by atoms with Crippen LogP contribution in [0.2, 0.25) is 0 Å². The largest absolute Gasteiger partial charge is 0.544 e. The number of benzene rings is 6. The van der Waals surface area contributed by atoms with Crippen LogP contribution in [0.1, 0.15) is 163 Å². The molecule has 4 nitrogen and oxygen atoms in total. The molecule has 2 fully saturated rings. The highest BCUT2D eigenvalue weighted by molar-refractivity contribution is 6.65. The number of aryl methyl sites for hydroxylation is 1. The number of nitrogens with zero attached hydrogens (tertiary/aromatic N) is 2. The van der Waals surface area contributed by atoms with Crippen LogP contribution in [0.4, 0.5) is 8.63 Å². The molecular weight excluding hydrogens is 829 g/mol. The highest BCUT2D eigenvalue weighted by atomic mass is 19.2. The quantitative estimate of drug-likeness (QED) is 0.0549. The monoisotopic (exact) mass is 891 g/mol. The minimum atomic E-state index is -4.27. The molecule has 5 aliphatic rings. The number of ether oxygens (including phenoxy) is 1. The Balaban J connectivity index is 0.850. The van der Waals surface area contributed by atoms with E-state index in [9.17, 15) is 4.79 Å². The van der Waals surface area contributed by atoms with Crippen LogP contribution in [0.3, 0.4) is 0 Å². The summed E-state index contributed by atoms with van der Waals surface area (Å²) in [5, 5.41) is 10.3. The van der Waals surface area contributed by atoms with E-state index in [4.69, 9.17) is 4.74 Å². The fourth-order valence-electron chi connectivity index (χ4n) is 14.0. The molecule has 0 N–H and O–H groups in total. The smallest absolute Gasteiger partial charge is 0.443 e. The van der Waals surface area contributed by atoms with Crippen molar-refractivity contribution in [2.45, 2.75) is 143 Å². The molecule has 342 valence electrons. The third-order valence-corrected chi connectivity index (χ3v) is 17.1. The van der Waals surface area contributed by atoms with Crippen LogP contribution in [0, 0.1) is 18.8 Å². The SMILES string of the molecule is CC1=N[B-](F)(F)n2c(C)c3c(c2/C(c2ccc(OC(=O)CCCc4ccc5c6cc(C(C)(C)C)cc7cc(C(C)(C)C)cc(c8cccc4c85)c76)cc2)=C(\C)C2=C1C1CCC2C1)C1CCC3C1. The molecule has 0 spiro atoms. The maximum atomic E-state index is 17.0. The minimum Gasteiger partial charge on any atom is -0.443 e. The molecule has 4 atom stereocenters. The number of halogens is 2. The van der Waals surface area contributed by atoms with Gasteiger partial charge in [-0.3, -0.25) is 4.79 Å². The van der Waals surface area contributed by atoms with Gasteiger partial charge in [0, 0.05) is 17.7 Å². The molecule has 4 bridgehead atoms. The van der Waals surface area contributed by atoms with Crippen LogP contribution in [-0.4, -0.2) is 23.1 Å². The third kappa shape index (κ3) is 6.48. The summed E-state index contributed by atoms with van der Waals surface area (Å²) in [7, 11) is 0. The van der Waals surface area contributed by atoms with Crippen molar-refractivity contribution in [3.05, 3.63) is 140 Å². The van der Waals surface area contributed by atoms with Crippen LogP contribution in [0.15, 0.2) is 100 Å². The molecule has 0 saturated heterocycles. The van der Waals surface area contributed by atoms with E-state index in [1.807, 2.05) is 38.1 Å². The number of hydrogen-bond acceptors (Lipinski definition) is 3. The zero-order valence-corrected chi connectivity index (χ0v) is 40.7. The van der Waals surface area contributed by atoms with Crippen molar-refractivity contribution in [1.29, 1.82) is 0 Å². The molecule has 2 saturated carbocycles. The number of hydrogen-bond donors (Lipinski definition) is 0. The number of esters is 1. The van der Waals surface area contributed by atoms with E-state index in [0.29, 0.717) is 41.1 Å². The number of fused-ring (bicyclic) bond motifs is 13. The van der Waals surface area contributed by atoms with Crippen molar-refractivity contribution in [2.24, 2.45) is 16.7 Å². The normalized spacial score (nSPS) is 23.3. The second-order valence-electron chi connectivity index (χ2n) is 23.2. The Hall–Kier alpha value is -5.56. The lowest BCUT2D eigenvalue weighted by Crippen LogP contribution is -2.36. The van der Waals surface area contributed by atoms with E-state index in [2.05, 4.69) is 108 Å². The summed E-state index contributed by atoms with van der Waals surface area (Å²) >= 11 is 0. The molecule has 1 aromatic heterocycles. The maximum absolute atomic E-state index is 17.0. The molecule has 7 heteroatoms. The highest BCUT2D eigenvalue weighted by Crippen LogP contribution is 2.60. The topological polar surface area (TPSA) is 43.6 Å². The van der Waals surface area contributed by atoms with Gasteiger partial charge in [0.2, 0.25) is 0 Å². The van der Waals surface area contributed by atoms with Gasteiger partial charge in [-0.2, -0.15) is 0 Å². The van der Waals surface area contributed by atoms with Gasteiger partial charge in [-0.15, -0.1) is 0 Å². The van der Waals surface area contributed by atoms with Gasteiger partial charge in [0.25, 0.3) is 0 Å². The van der Waals surface area contributed by atoms with Crippen LogP contribution < -0.4 is 4.74 Å². The second-order valence-corrected chi connectivity index (χ2v) is 23.2. The van der Waals surface area contributed by atoms with E-state index >= 15 is 8.63 Å². The van der Waals surface area contributed by atoms with E-state index in [0.717, 1.165) is 78.4 Å².